The van der Waals surface area contributed by atoms with E-state index in [0.717, 1.165) is 11.2 Å². The first-order valence-electron chi connectivity index (χ1n) is 2.47. The van der Waals surface area contributed by atoms with Gasteiger partial charge in [0.05, 0.1) is 0 Å². The van der Waals surface area contributed by atoms with E-state index in [1.165, 1.54) is 0 Å². The first kappa shape index (κ1) is 7.21. The van der Waals surface area contributed by atoms with Crippen LogP contribution in [0.1, 0.15) is 8.80 Å². The molecule has 1 nitrogen and oxygen atoms in total. The highest BCUT2D eigenvalue weighted by atomic mass is 127. The lowest BCUT2D eigenvalue weighted by Crippen LogP contribution is -1.83. The Labute approximate surface area is 71.2 Å². The Balaban J connectivity index is 2.76. The van der Waals surface area contributed by atoms with Gasteiger partial charge in [-0.3, -0.25) is 0 Å². The summed E-state index contributed by atoms with van der Waals surface area (Å²) in [5.41, 5.74) is 0. The van der Waals surface area contributed by atoms with Crippen molar-refractivity contribution in [3.63, 3.8) is 0 Å². The molecule has 0 radical (unpaired) electrons. The molecule has 0 N–H and O–H groups in total. The molecule has 0 bridgehead atoms. The summed E-state index contributed by atoms with van der Waals surface area (Å²) in [6.07, 6.45) is 0.951. The van der Waals surface area contributed by atoms with Gasteiger partial charge in [-0.2, -0.15) is 0 Å². The van der Waals surface area contributed by atoms with Gasteiger partial charge in [0.15, 0.2) is 0 Å². The number of carbonyl (C=O) groups excluding carboxylic acids is 1. The van der Waals surface area contributed by atoms with Gasteiger partial charge < -0.3 is 4.79 Å². The smallest absolute Gasteiger partial charge is 0.138 e. The second-order valence-electron chi connectivity index (χ2n) is 1.55. The van der Waals surface area contributed by atoms with Crippen molar-refractivity contribution in [2.45, 2.75) is 3.92 Å². The minimum absolute atomic E-state index is 0.0441. The zero-order chi connectivity index (χ0) is 6.69. The third-order valence-electron chi connectivity index (χ3n) is 0.934. The van der Waals surface area contributed by atoms with Crippen LogP contribution in [0.5, 0.6) is 0 Å². The van der Waals surface area contributed by atoms with Crippen LogP contribution in [0, 0.1) is 0 Å². The molecule has 1 rings (SSSR count). The molecule has 0 saturated carbocycles. The highest BCUT2D eigenvalue weighted by Gasteiger charge is 2.03. The monoisotopic (exact) mass is 252 g/mol. The predicted molar refractivity (Wildman–Crippen MR) is 47.1 cm³/mol. The zero-order valence-electron chi connectivity index (χ0n) is 4.58. The van der Waals surface area contributed by atoms with E-state index in [2.05, 4.69) is 22.6 Å². The summed E-state index contributed by atoms with van der Waals surface area (Å²) in [4.78, 5) is 11.3. The van der Waals surface area contributed by atoms with Gasteiger partial charge in [0, 0.05) is 4.88 Å². The summed E-state index contributed by atoms with van der Waals surface area (Å²) in [6.45, 7) is 0. The zero-order valence-corrected chi connectivity index (χ0v) is 7.56. The lowest BCUT2D eigenvalue weighted by atomic mass is 10.4. The molecule has 0 amide bonds. The van der Waals surface area contributed by atoms with Crippen LogP contribution in [-0.2, 0) is 4.79 Å². The van der Waals surface area contributed by atoms with Crippen LogP contribution in [0.15, 0.2) is 17.5 Å². The van der Waals surface area contributed by atoms with Crippen molar-refractivity contribution in [2.24, 2.45) is 0 Å². The molecule has 1 aromatic rings. The van der Waals surface area contributed by atoms with Crippen LogP contribution in [0.25, 0.3) is 0 Å². The van der Waals surface area contributed by atoms with Crippen molar-refractivity contribution in [1.82, 2.24) is 0 Å². The van der Waals surface area contributed by atoms with E-state index >= 15 is 0 Å². The van der Waals surface area contributed by atoms with Gasteiger partial charge in [-0.25, -0.2) is 0 Å². The highest BCUT2D eigenvalue weighted by molar-refractivity contribution is 14.1. The maximum absolute atomic E-state index is 10.2. The number of alkyl halides is 1. The molecule has 0 spiro atoms. The number of hydrogen-bond donors (Lipinski definition) is 0. The topological polar surface area (TPSA) is 17.1 Å². The number of rotatable bonds is 2. The standard InChI is InChI=1S/C6H5IOS/c7-5(4-8)6-2-1-3-9-6/h1-5H. The molecular formula is C6H5IOS. The van der Waals surface area contributed by atoms with Crippen molar-refractivity contribution in [3.05, 3.63) is 22.4 Å². The Morgan fingerprint density at radius 2 is 2.56 bits per heavy atom. The van der Waals surface area contributed by atoms with Crippen LogP contribution in [0.3, 0.4) is 0 Å². The first-order valence-corrected chi connectivity index (χ1v) is 4.60. The third kappa shape index (κ3) is 1.76. The minimum Gasteiger partial charge on any atom is -0.302 e. The maximum atomic E-state index is 10.2. The fourth-order valence-corrected chi connectivity index (χ4v) is 1.82. The molecule has 0 aromatic carbocycles. The lowest BCUT2D eigenvalue weighted by molar-refractivity contribution is -0.107. The molecule has 9 heavy (non-hydrogen) atoms. The second kappa shape index (κ2) is 3.31. The molecule has 1 unspecified atom stereocenters. The fourth-order valence-electron chi connectivity index (χ4n) is 0.515. The molecule has 1 atom stereocenters. The molecule has 48 valence electrons. The van der Waals surface area contributed by atoms with Crippen molar-refractivity contribution in [3.8, 4) is 0 Å². The van der Waals surface area contributed by atoms with Crippen molar-refractivity contribution >= 4 is 40.2 Å². The molecule has 0 fully saturated rings. The number of thiophene rings is 1. The van der Waals surface area contributed by atoms with Gasteiger partial charge in [-0.05, 0) is 11.4 Å². The molecular weight excluding hydrogens is 247 g/mol. The van der Waals surface area contributed by atoms with E-state index in [1.54, 1.807) is 11.3 Å². The Kier molecular flexibility index (Phi) is 2.65. The average Bonchev–Trinajstić information content (AvgIpc) is 2.37. The second-order valence-corrected chi connectivity index (χ2v) is 3.87. The van der Waals surface area contributed by atoms with Gasteiger partial charge in [0.2, 0.25) is 0 Å². The fraction of sp³-hybridized carbons (Fsp3) is 0.167. The van der Waals surface area contributed by atoms with E-state index in [0.29, 0.717) is 0 Å². The summed E-state index contributed by atoms with van der Waals surface area (Å²) in [6, 6.07) is 3.92. The van der Waals surface area contributed by atoms with E-state index in [4.69, 9.17) is 0 Å². The quantitative estimate of drug-likeness (QED) is 0.449. The molecule has 3 heteroatoms. The minimum atomic E-state index is 0.0441. The Morgan fingerprint density at radius 3 is 3.00 bits per heavy atom. The number of halogens is 1. The number of aldehydes is 1. The molecule has 0 saturated heterocycles. The molecule has 1 aromatic heterocycles. The van der Waals surface area contributed by atoms with Crippen molar-refractivity contribution in [1.29, 1.82) is 0 Å². The molecule has 1 heterocycles. The number of hydrogen-bond acceptors (Lipinski definition) is 2. The maximum Gasteiger partial charge on any atom is 0.138 e. The summed E-state index contributed by atoms with van der Waals surface area (Å²) >= 11 is 3.73. The van der Waals surface area contributed by atoms with Gasteiger partial charge in [-0.1, -0.05) is 28.7 Å². The molecule has 0 aliphatic heterocycles. The van der Waals surface area contributed by atoms with Crippen LogP contribution >= 0.6 is 33.9 Å². The van der Waals surface area contributed by atoms with E-state index < -0.39 is 0 Å². The Bertz CT molecular complexity index is 183. The van der Waals surface area contributed by atoms with Gasteiger partial charge in [0.25, 0.3) is 0 Å². The third-order valence-corrected chi connectivity index (χ3v) is 3.28. The normalized spacial score (nSPS) is 13.0. The Hall–Kier alpha value is 0.1000. The van der Waals surface area contributed by atoms with Crippen LogP contribution < -0.4 is 0 Å². The van der Waals surface area contributed by atoms with Crippen LogP contribution in [0.2, 0.25) is 0 Å². The van der Waals surface area contributed by atoms with Crippen LogP contribution in [0.4, 0.5) is 0 Å². The van der Waals surface area contributed by atoms with Crippen molar-refractivity contribution < 1.29 is 4.79 Å². The Morgan fingerprint density at radius 1 is 1.78 bits per heavy atom. The average molecular weight is 252 g/mol. The SMILES string of the molecule is O=CC(I)c1cccs1. The summed E-state index contributed by atoms with van der Waals surface area (Å²) in [5, 5.41) is 1.98. The largest absolute Gasteiger partial charge is 0.302 e. The molecule has 0 aliphatic carbocycles. The summed E-state index contributed by atoms with van der Waals surface area (Å²) in [7, 11) is 0. The first-order chi connectivity index (χ1) is 4.34. The number of carbonyl (C=O) groups is 1. The van der Waals surface area contributed by atoms with Gasteiger partial charge in [0.1, 0.15) is 10.2 Å². The van der Waals surface area contributed by atoms with Crippen molar-refractivity contribution in [2.75, 3.05) is 0 Å². The van der Waals surface area contributed by atoms with E-state index in [9.17, 15) is 4.79 Å². The lowest BCUT2D eigenvalue weighted by Gasteiger charge is -1.92. The van der Waals surface area contributed by atoms with E-state index in [-0.39, 0.29) is 3.92 Å². The highest BCUT2D eigenvalue weighted by Crippen LogP contribution is 2.24. The summed E-state index contributed by atoms with van der Waals surface area (Å²) < 4.78 is 0.0441. The van der Waals surface area contributed by atoms with E-state index in [1.807, 2.05) is 17.5 Å². The van der Waals surface area contributed by atoms with Gasteiger partial charge in [-0.15, -0.1) is 11.3 Å². The van der Waals surface area contributed by atoms with Crippen LogP contribution in [-0.4, -0.2) is 6.29 Å². The predicted octanol–water partition coefficient (Wildman–Crippen LogP) is 2.42. The molecule has 0 aliphatic rings. The summed E-state index contributed by atoms with van der Waals surface area (Å²) in [5.74, 6) is 0. The van der Waals surface area contributed by atoms with Gasteiger partial charge >= 0.3 is 0 Å².